The van der Waals surface area contributed by atoms with E-state index in [9.17, 15) is 4.79 Å². The lowest BCUT2D eigenvalue weighted by atomic mass is 9.68. The summed E-state index contributed by atoms with van der Waals surface area (Å²) in [5, 5.41) is 3.14. The maximum atomic E-state index is 13.0. The molecule has 1 aliphatic heterocycles. The van der Waals surface area contributed by atoms with Gasteiger partial charge in [0.2, 0.25) is 5.91 Å². The molecule has 1 saturated heterocycles. The molecule has 0 aromatic heterocycles. The van der Waals surface area contributed by atoms with Crippen molar-refractivity contribution < 1.29 is 14.3 Å². The highest BCUT2D eigenvalue weighted by Crippen LogP contribution is 2.42. The van der Waals surface area contributed by atoms with Gasteiger partial charge in [0.25, 0.3) is 0 Å². The molecular weight excluding hydrogens is 386 g/mol. The predicted octanol–water partition coefficient (Wildman–Crippen LogP) is 5.56. The van der Waals surface area contributed by atoms with Gasteiger partial charge in [-0.1, -0.05) is 55.8 Å². The fourth-order valence-electron chi connectivity index (χ4n) is 4.34. The maximum Gasteiger partial charge on any atom is 0.221 e. The first-order valence-corrected chi connectivity index (χ1v) is 11.5. The molecule has 0 bridgehead atoms. The van der Waals surface area contributed by atoms with Crippen molar-refractivity contribution in [2.24, 2.45) is 5.92 Å². The molecule has 2 atom stereocenters. The van der Waals surface area contributed by atoms with Gasteiger partial charge in [-0.05, 0) is 62.8 Å². The van der Waals surface area contributed by atoms with Gasteiger partial charge in [0.05, 0.1) is 12.2 Å². The normalized spacial score (nSPS) is 21.3. The molecule has 0 aliphatic carbocycles. The van der Waals surface area contributed by atoms with Crippen molar-refractivity contribution in [3.63, 3.8) is 0 Å². The average molecular weight is 424 g/mol. The lowest BCUT2D eigenvalue weighted by Crippen LogP contribution is -2.44. The number of ether oxygens (including phenoxy) is 2. The van der Waals surface area contributed by atoms with Crippen molar-refractivity contribution in [2.75, 3.05) is 6.61 Å². The molecule has 4 heteroatoms. The molecule has 1 aliphatic rings. The summed E-state index contributed by atoms with van der Waals surface area (Å²) in [6.07, 6.45) is 2.56. The van der Waals surface area contributed by atoms with E-state index in [-0.39, 0.29) is 23.5 Å². The Kier molecular flexibility index (Phi) is 7.77. The Hall–Kier alpha value is -2.33. The van der Waals surface area contributed by atoms with Gasteiger partial charge in [0.1, 0.15) is 5.75 Å². The van der Waals surface area contributed by atoms with E-state index in [0.29, 0.717) is 25.5 Å². The highest BCUT2D eigenvalue weighted by Gasteiger charge is 2.41. The number of rotatable bonds is 8. The molecule has 0 unspecified atom stereocenters. The second-order valence-electron chi connectivity index (χ2n) is 9.52. The van der Waals surface area contributed by atoms with E-state index in [1.165, 1.54) is 11.1 Å². The van der Waals surface area contributed by atoms with Crippen LogP contribution >= 0.6 is 0 Å². The Balaban J connectivity index is 1.69. The van der Waals surface area contributed by atoms with Crippen molar-refractivity contribution in [3.05, 3.63) is 65.2 Å². The van der Waals surface area contributed by atoms with E-state index in [4.69, 9.17) is 9.47 Å². The van der Waals surface area contributed by atoms with Gasteiger partial charge in [-0.2, -0.15) is 0 Å². The molecule has 3 rings (SSSR count). The SMILES string of the molecule is Cc1ccc([C@@]2(CC(=O)NCc3ccc(OC(C)C)cc3)CCO[C@H](C(C)C)C2)cc1. The first-order chi connectivity index (χ1) is 14.8. The summed E-state index contributed by atoms with van der Waals surface area (Å²) < 4.78 is 11.7. The number of amides is 1. The summed E-state index contributed by atoms with van der Waals surface area (Å²) in [7, 11) is 0. The van der Waals surface area contributed by atoms with Gasteiger partial charge in [0.15, 0.2) is 0 Å². The number of carbonyl (C=O) groups excluding carboxylic acids is 1. The van der Waals surface area contributed by atoms with Crippen LogP contribution in [0.4, 0.5) is 0 Å². The number of hydrogen-bond acceptors (Lipinski definition) is 3. The predicted molar refractivity (Wildman–Crippen MR) is 125 cm³/mol. The Morgan fingerprint density at radius 1 is 1.10 bits per heavy atom. The fourth-order valence-corrected chi connectivity index (χ4v) is 4.34. The van der Waals surface area contributed by atoms with Crippen LogP contribution in [-0.2, 0) is 21.5 Å². The van der Waals surface area contributed by atoms with Crippen molar-refractivity contribution in [1.29, 1.82) is 0 Å². The van der Waals surface area contributed by atoms with Gasteiger partial charge in [-0.25, -0.2) is 0 Å². The van der Waals surface area contributed by atoms with Crippen molar-refractivity contribution in [1.82, 2.24) is 5.32 Å². The largest absolute Gasteiger partial charge is 0.491 e. The molecule has 1 amide bonds. The number of nitrogens with one attached hydrogen (secondary N) is 1. The molecule has 4 nitrogen and oxygen atoms in total. The third-order valence-electron chi connectivity index (χ3n) is 6.20. The Morgan fingerprint density at radius 2 is 1.77 bits per heavy atom. The van der Waals surface area contributed by atoms with Crippen LogP contribution in [0.1, 0.15) is 63.6 Å². The highest BCUT2D eigenvalue weighted by atomic mass is 16.5. The Bertz CT molecular complexity index is 842. The third-order valence-corrected chi connectivity index (χ3v) is 6.20. The summed E-state index contributed by atoms with van der Waals surface area (Å²) >= 11 is 0. The topological polar surface area (TPSA) is 47.6 Å². The molecule has 1 N–H and O–H groups in total. The van der Waals surface area contributed by atoms with Gasteiger partial charge in [-0.15, -0.1) is 0 Å². The molecule has 0 radical (unpaired) electrons. The van der Waals surface area contributed by atoms with E-state index < -0.39 is 0 Å². The van der Waals surface area contributed by atoms with E-state index in [1.54, 1.807) is 0 Å². The van der Waals surface area contributed by atoms with E-state index in [2.05, 4.69) is 50.4 Å². The van der Waals surface area contributed by atoms with Crippen LogP contribution in [0.3, 0.4) is 0 Å². The minimum atomic E-state index is -0.181. The molecule has 168 valence electrons. The van der Waals surface area contributed by atoms with Crippen LogP contribution in [0.25, 0.3) is 0 Å². The molecule has 1 heterocycles. The van der Waals surface area contributed by atoms with E-state index >= 15 is 0 Å². The second kappa shape index (κ2) is 10.3. The zero-order valence-corrected chi connectivity index (χ0v) is 19.6. The summed E-state index contributed by atoms with van der Waals surface area (Å²) in [4.78, 5) is 13.0. The lowest BCUT2D eigenvalue weighted by molar-refractivity contribution is -0.124. The van der Waals surface area contributed by atoms with Gasteiger partial charge >= 0.3 is 0 Å². The fraction of sp³-hybridized carbons (Fsp3) is 0.519. The van der Waals surface area contributed by atoms with Crippen molar-refractivity contribution in [3.8, 4) is 5.75 Å². The summed E-state index contributed by atoms with van der Waals surface area (Å²) in [5.41, 5.74) is 3.37. The van der Waals surface area contributed by atoms with Crippen LogP contribution in [0, 0.1) is 12.8 Å². The van der Waals surface area contributed by atoms with Gasteiger partial charge in [0, 0.05) is 25.0 Å². The molecule has 31 heavy (non-hydrogen) atoms. The Labute approximate surface area is 187 Å². The lowest BCUT2D eigenvalue weighted by Gasteiger charge is -2.42. The number of aryl methyl sites for hydroxylation is 1. The summed E-state index contributed by atoms with van der Waals surface area (Å²) in [5.74, 6) is 1.37. The van der Waals surface area contributed by atoms with E-state index in [1.807, 2.05) is 38.1 Å². The molecule has 2 aromatic carbocycles. The quantitative estimate of drug-likeness (QED) is 0.604. The molecule has 0 spiro atoms. The standard InChI is InChI=1S/C27H37NO3/c1-19(2)25-16-27(14-15-30-25,23-10-6-21(5)7-11-23)17-26(29)28-18-22-8-12-24(13-9-22)31-20(3)4/h6-13,19-20,25H,14-18H2,1-5H3,(H,28,29)/t25-,27-/m0/s1. The smallest absolute Gasteiger partial charge is 0.221 e. The van der Waals surface area contributed by atoms with Gasteiger partial charge in [-0.3, -0.25) is 4.79 Å². The number of carbonyl (C=O) groups is 1. The second-order valence-corrected chi connectivity index (χ2v) is 9.52. The molecule has 0 saturated carbocycles. The zero-order chi connectivity index (χ0) is 22.4. The van der Waals surface area contributed by atoms with Crippen LogP contribution in [0.15, 0.2) is 48.5 Å². The zero-order valence-electron chi connectivity index (χ0n) is 19.6. The average Bonchev–Trinajstić information content (AvgIpc) is 2.73. The number of benzene rings is 2. The first-order valence-electron chi connectivity index (χ1n) is 11.5. The first kappa shape index (κ1) is 23.3. The van der Waals surface area contributed by atoms with Crippen LogP contribution in [0.5, 0.6) is 5.75 Å². The number of hydrogen-bond donors (Lipinski definition) is 1. The van der Waals surface area contributed by atoms with Crippen molar-refractivity contribution >= 4 is 5.91 Å². The van der Waals surface area contributed by atoms with Crippen LogP contribution in [0.2, 0.25) is 0 Å². The van der Waals surface area contributed by atoms with Crippen LogP contribution in [-0.4, -0.2) is 24.7 Å². The molecule has 2 aromatic rings. The van der Waals surface area contributed by atoms with E-state index in [0.717, 1.165) is 24.2 Å². The molecular formula is C27H37NO3. The highest BCUT2D eigenvalue weighted by molar-refractivity contribution is 5.77. The monoisotopic (exact) mass is 423 g/mol. The summed E-state index contributed by atoms with van der Waals surface area (Å²) in [6, 6.07) is 16.6. The minimum absolute atomic E-state index is 0.0903. The minimum Gasteiger partial charge on any atom is -0.491 e. The molecule has 1 fully saturated rings. The third kappa shape index (κ3) is 6.33. The Morgan fingerprint density at radius 3 is 2.39 bits per heavy atom. The van der Waals surface area contributed by atoms with Crippen LogP contribution < -0.4 is 10.1 Å². The summed E-state index contributed by atoms with van der Waals surface area (Å²) in [6.45, 7) is 11.7. The van der Waals surface area contributed by atoms with Crippen molar-refractivity contribution in [2.45, 2.75) is 78.0 Å². The van der Waals surface area contributed by atoms with Gasteiger partial charge < -0.3 is 14.8 Å². The maximum absolute atomic E-state index is 13.0.